The molecule has 0 radical (unpaired) electrons. The second-order valence-electron chi connectivity index (χ2n) is 5.31. The maximum Gasteiger partial charge on any atom is 0.227 e. The van der Waals surface area contributed by atoms with E-state index >= 15 is 0 Å². The number of amides is 1. The summed E-state index contributed by atoms with van der Waals surface area (Å²) in [6.07, 6.45) is 3.89. The van der Waals surface area contributed by atoms with E-state index < -0.39 is 0 Å². The molecule has 1 amide bonds. The second kappa shape index (κ2) is 6.20. The van der Waals surface area contributed by atoms with E-state index in [4.69, 9.17) is 11.6 Å². The third-order valence-electron chi connectivity index (χ3n) is 3.66. The van der Waals surface area contributed by atoms with Crippen molar-refractivity contribution in [1.82, 2.24) is 14.7 Å². The van der Waals surface area contributed by atoms with E-state index in [1.165, 1.54) is 0 Å². The topological polar surface area (TPSA) is 38.1 Å². The van der Waals surface area contributed by atoms with Gasteiger partial charge in [-0.3, -0.25) is 9.48 Å². The average Bonchev–Trinajstić information content (AvgIpc) is 2.81. The van der Waals surface area contributed by atoms with Crippen molar-refractivity contribution in [3.63, 3.8) is 0 Å². The lowest BCUT2D eigenvalue weighted by atomic mass is 9.99. The second-order valence-corrected chi connectivity index (χ2v) is 6.60. The van der Waals surface area contributed by atoms with Crippen LogP contribution in [0.4, 0.5) is 0 Å². The van der Waals surface area contributed by atoms with Gasteiger partial charge in [0.25, 0.3) is 0 Å². The predicted octanol–water partition coefficient (Wildman–Crippen LogP) is 3.00. The average molecular weight is 369 g/mol. The highest BCUT2D eigenvalue weighted by Crippen LogP contribution is 2.22. The molecule has 1 aliphatic rings. The largest absolute Gasteiger partial charge is 0.342 e. The van der Waals surface area contributed by atoms with Crippen LogP contribution in [-0.4, -0.2) is 33.7 Å². The first-order valence-electron chi connectivity index (χ1n) is 6.81. The molecule has 0 atom stereocenters. The first-order chi connectivity index (χ1) is 10.1. The van der Waals surface area contributed by atoms with Gasteiger partial charge in [0, 0.05) is 36.2 Å². The number of carbonyl (C=O) groups is 1. The van der Waals surface area contributed by atoms with Gasteiger partial charge in [-0.1, -0.05) is 45.7 Å². The summed E-state index contributed by atoms with van der Waals surface area (Å²) < 4.78 is 2.82. The first-order valence-corrected chi connectivity index (χ1v) is 7.98. The molecule has 1 saturated heterocycles. The van der Waals surface area contributed by atoms with Crippen LogP contribution in [0.3, 0.4) is 0 Å². The van der Waals surface area contributed by atoms with Crippen LogP contribution in [0.25, 0.3) is 0 Å². The van der Waals surface area contributed by atoms with Crippen molar-refractivity contribution >= 4 is 33.4 Å². The molecule has 0 aliphatic carbocycles. The Balaban J connectivity index is 1.49. The van der Waals surface area contributed by atoms with Crippen LogP contribution in [0.2, 0.25) is 5.02 Å². The number of hydrogen-bond donors (Lipinski definition) is 0. The van der Waals surface area contributed by atoms with Gasteiger partial charge < -0.3 is 4.90 Å². The highest BCUT2D eigenvalue weighted by molar-refractivity contribution is 9.10. The Morgan fingerprint density at radius 1 is 1.38 bits per heavy atom. The summed E-state index contributed by atoms with van der Waals surface area (Å²) in [6, 6.07) is 7.84. The summed E-state index contributed by atoms with van der Waals surface area (Å²) in [5, 5.41) is 4.81. The highest BCUT2D eigenvalue weighted by atomic mass is 79.9. The van der Waals surface area contributed by atoms with Gasteiger partial charge in [0.05, 0.1) is 17.6 Å². The van der Waals surface area contributed by atoms with Crippen LogP contribution < -0.4 is 0 Å². The summed E-state index contributed by atoms with van der Waals surface area (Å²) in [6.45, 7) is 2.40. The van der Waals surface area contributed by atoms with Crippen molar-refractivity contribution in [3.05, 3.63) is 51.7 Å². The number of aromatic nitrogens is 2. The van der Waals surface area contributed by atoms with Gasteiger partial charge in [0.2, 0.25) is 5.91 Å². The molecule has 2 heterocycles. The molecular weight excluding hydrogens is 354 g/mol. The SMILES string of the molecule is O=C(Cc1ccccc1Br)N1CC(Cn2cc(Cl)cn2)C1. The van der Waals surface area contributed by atoms with Gasteiger partial charge >= 0.3 is 0 Å². The quantitative estimate of drug-likeness (QED) is 0.832. The molecule has 4 nitrogen and oxygen atoms in total. The zero-order valence-electron chi connectivity index (χ0n) is 11.4. The Hall–Kier alpha value is -1.33. The van der Waals surface area contributed by atoms with Crippen LogP contribution in [-0.2, 0) is 17.8 Å². The summed E-state index contributed by atoms with van der Waals surface area (Å²) in [4.78, 5) is 14.1. The Kier molecular flexibility index (Phi) is 4.31. The lowest BCUT2D eigenvalue weighted by Crippen LogP contribution is -2.52. The molecule has 1 aromatic heterocycles. The molecule has 0 spiro atoms. The lowest BCUT2D eigenvalue weighted by Gasteiger charge is -2.39. The first kappa shape index (κ1) is 14.6. The minimum absolute atomic E-state index is 0.177. The van der Waals surface area contributed by atoms with Gasteiger partial charge in [-0.25, -0.2) is 0 Å². The van der Waals surface area contributed by atoms with E-state index in [0.29, 0.717) is 17.4 Å². The Labute approximate surface area is 136 Å². The van der Waals surface area contributed by atoms with Crippen molar-refractivity contribution in [2.24, 2.45) is 5.92 Å². The number of likely N-dealkylation sites (tertiary alicyclic amines) is 1. The molecule has 110 valence electrons. The van der Waals surface area contributed by atoms with Gasteiger partial charge in [-0.15, -0.1) is 0 Å². The minimum Gasteiger partial charge on any atom is -0.342 e. The third kappa shape index (κ3) is 3.47. The fraction of sp³-hybridized carbons (Fsp3) is 0.333. The molecule has 2 aromatic rings. The fourth-order valence-corrected chi connectivity index (χ4v) is 3.09. The Morgan fingerprint density at radius 2 is 2.14 bits per heavy atom. The zero-order chi connectivity index (χ0) is 14.8. The van der Waals surface area contributed by atoms with Gasteiger partial charge in [0.15, 0.2) is 0 Å². The summed E-state index contributed by atoms with van der Waals surface area (Å²) in [5.41, 5.74) is 1.03. The van der Waals surface area contributed by atoms with Crippen molar-refractivity contribution in [2.45, 2.75) is 13.0 Å². The van der Waals surface area contributed by atoms with E-state index in [2.05, 4.69) is 21.0 Å². The van der Waals surface area contributed by atoms with Crippen molar-refractivity contribution < 1.29 is 4.79 Å². The Morgan fingerprint density at radius 3 is 2.81 bits per heavy atom. The highest BCUT2D eigenvalue weighted by Gasteiger charge is 2.30. The number of carbonyl (C=O) groups excluding carboxylic acids is 1. The molecule has 1 aliphatic heterocycles. The van der Waals surface area contributed by atoms with E-state index in [-0.39, 0.29) is 5.91 Å². The van der Waals surface area contributed by atoms with Crippen LogP contribution in [0, 0.1) is 5.92 Å². The summed E-state index contributed by atoms with van der Waals surface area (Å²) >= 11 is 9.31. The van der Waals surface area contributed by atoms with Crippen LogP contribution in [0.1, 0.15) is 5.56 Å². The number of benzene rings is 1. The van der Waals surface area contributed by atoms with E-state index in [1.54, 1.807) is 6.20 Å². The molecule has 0 unspecified atom stereocenters. The molecule has 1 fully saturated rings. The van der Waals surface area contributed by atoms with Gasteiger partial charge in [-0.05, 0) is 11.6 Å². The number of hydrogen-bond acceptors (Lipinski definition) is 2. The third-order valence-corrected chi connectivity index (χ3v) is 4.63. The fourth-order valence-electron chi connectivity index (χ4n) is 2.51. The normalized spacial score (nSPS) is 15.0. The van der Waals surface area contributed by atoms with E-state index in [0.717, 1.165) is 29.7 Å². The van der Waals surface area contributed by atoms with Crippen LogP contribution in [0.15, 0.2) is 41.1 Å². The lowest BCUT2D eigenvalue weighted by molar-refractivity contribution is -0.137. The van der Waals surface area contributed by atoms with Gasteiger partial charge in [0.1, 0.15) is 0 Å². The molecule has 1 aromatic carbocycles. The maximum atomic E-state index is 12.2. The van der Waals surface area contributed by atoms with E-state index in [9.17, 15) is 4.79 Å². The van der Waals surface area contributed by atoms with Gasteiger partial charge in [-0.2, -0.15) is 5.10 Å². The summed E-state index contributed by atoms with van der Waals surface area (Å²) in [5.74, 6) is 0.640. The molecule has 0 bridgehead atoms. The molecule has 0 N–H and O–H groups in total. The van der Waals surface area contributed by atoms with Crippen molar-refractivity contribution in [2.75, 3.05) is 13.1 Å². The molecule has 3 rings (SSSR count). The molecule has 6 heteroatoms. The Bertz CT molecular complexity index is 652. The standard InChI is InChI=1S/C15H15BrClN3O/c16-14-4-2-1-3-12(14)5-15(21)19-7-11(8-19)9-20-10-13(17)6-18-20/h1-4,6,10-11H,5,7-9H2. The van der Waals surface area contributed by atoms with Crippen molar-refractivity contribution in [3.8, 4) is 0 Å². The zero-order valence-corrected chi connectivity index (χ0v) is 13.7. The van der Waals surface area contributed by atoms with Crippen LogP contribution >= 0.6 is 27.5 Å². The minimum atomic E-state index is 0.177. The van der Waals surface area contributed by atoms with Crippen LogP contribution in [0.5, 0.6) is 0 Å². The predicted molar refractivity (Wildman–Crippen MR) is 85.2 cm³/mol. The number of nitrogens with zero attached hydrogens (tertiary/aromatic N) is 3. The maximum absolute atomic E-state index is 12.2. The van der Waals surface area contributed by atoms with E-state index in [1.807, 2.05) is 40.0 Å². The monoisotopic (exact) mass is 367 g/mol. The smallest absolute Gasteiger partial charge is 0.227 e. The molecule has 21 heavy (non-hydrogen) atoms. The number of halogens is 2. The molecular formula is C15H15BrClN3O. The number of rotatable bonds is 4. The van der Waals surface area contributed by atoms with Crippen molar-refractivity contribution in [1.29, 1.82) is 0 Å². The summed E-state index contributed by atoms with van der Waals surface area (Å²) in [7, 11) is 0. The molecule has 0 saturated carbocycles.